The number of nitrogens with one attached hydrogen (secondary N) is 2. The smallest absolute Gasteiger partial charge is 0.258 e. The number of para-hydroxylation sites is 1. The number of aromatic amines is 1. The second kappa shape index (κ2) is 8.21. The lowest BCUT2D eigenvalue weighted by Gasteiger charge is -2.07. The van der Waals surface area contributed by atoms with E-state index in [-0.39, 0.29) is 24.7 Å². The molecule has 0 saturated heterocycles. The molecular formula is C19H19N3O3. The van der Waals surface area contributed by atoms with Gasteiger partial charge in [0, 0.05) is 6.54 Å². The van der Waals surface area contributed by atoms with Crippen LogP contribution < -0.4 is 10.9 Å². The maximum absolute atomic E-state index is 11.9. The van der Waals surface area contributed by atoms with Gasteiger partial charge in [0.2, 0.25) is 5.91 Å². The van der Waals surface area contributed by atoms with Crippen molar-refractivity contribution in [3.05, 3.63) is 76.3 Å². The largest absolute Gasteiger partial charge is 0.364 e. The summed E-state index contributed by atoms with van der Waals surface area (Å²) in [5, 5.41) is 3.33. The van der Waals surface area contributed by atoms with E-state index < -0.39 is 0 Å². The highest BCUT2D eigenvalue weighted by Gasteiger charge is 2.05. The Balaban J connectivity index is 1.45. The first-order valence-electron chi connectivity index (χ1n) is 8.09. The van der Waals surface area contributed by atoms with E-state index in [1.807, 2.05) is 36.4 Å². The fourth-order valence-corrected chi connectivity index (χ4v) is 2.49. The summed E-state index contributed by atoms with van der Waals surface area (Å²) in [5.74, 6) is 0.208. The second-order valence-corrected chi connectivity index (χ2v) is 5.61. The number of benzene rings is 2. The molecule has 0 aliphatic rings. The second-order valence-electron chi connectivity index (χ2n) is 5.61. The predicted molar refractivity (Wildman–Crippen MR) is 95.2 cm³/mol. The van der Waals surface area contributed by atoms with E-state index in [2.05, 4.69) is 15.3 Å². The number of ether oxygens (including phenoxy) is 1. The minimum absolute atomic E-state index is 0.0756. The van der Waals surface area contributed by atoms with Crippen molar-refractivity contribution in [3.8, 4) is 0 Å². The van der Waals surface area contributed by atoms with Gasteiger partial charge in [-0.15, -0.1) is 0 Å². The van der Waals surface area contributed by atoms with Gasteiger partial charge in [0.1, 0.15) is 19.0 Å². The lowest BCUT2D eigenvalue weighted by atomic mass is 10.1. The number of rotatable bonds is 7. The van der Waals surface area contributed by atoms with Crippen LogP contribution in [0.1, 0.15) is 11.4 Å². The average Bonchev–Trinajstić information content (AvgIpc) is 2.63. The molecular weight excluding hydrogens is 318 g/mol. The molecule has 25 heavy (non-hydrogen) atoms. The Hall–Kier alpha value is -2.99. The van der Waals surface area contributed by atoms with E-state index in [0.29, 0.717) is 23.3 Å². The summed E-state index contributed by atoms with van der Waals surface area (Å²) in [6.45, 7) is 0.550. The number of aromatic nitrogens is 2. The van der Waals surface area contributed by atoms with Crippen molar-refractivity contribution in [3.63, 3.8) is 0 Å². The molecule has 6 nitrogen and oxygen atoms in total. The van der Waals surface area contributed by atoms with E-state index >= 15 is 0 Å². The maximum atomic E-state index is 11.9. The Morgan fingerprint density at radius 1 is 1.08 bits per heavy atom. The molecule has 3 aromatic rings. The number of carbonyl (C=O) groups is 1. The maximum Gasteiger partial charge on any atom is 0.258 e. The van der Waals surface area contributed by atoms with Crippen LogP contribution in [0.5, 0.6) is 0 Å². The lowest BCUT2D eigenvalue weighted by Crippen LogP contribution is -2.29. The van der Waals surface area contributed by atoms with E-state index in [4.69, 9.17) is 4.74 Å². The van der Waals surface area contributed by atoms with Gasteiger partial charge < -0.3 is 15.0 Å². The number of hydrogen-bond acceptors (Lipinski definition) is 4. The molecule has 0 aliphatic carbocycles. The van der Waals surface area contributed by atoms with Gasteiger partial charge in [-0.3, -0.25) is 9.59 Å². The van der Waals surface area contributed by atoms with Crippen LogP contribution in [0.15, 0.2) is 59.4 Å². The first-order valence-corrected chi connectivity index (χ1v) is 8.09. The molecule has 2 N–H and O–H groups in total. The Bertz CT molecular complexity index is 906. The zero-order valence-electron chi connectivity index (χ0n) is 13.7. The summed E-state index contributed by atoms with van der Waals surface area (Å²) >= 11 is 0. The Morgan fingerprint density at radius 2 is 1.84 bits per heavy atom. The molecule has 1 heterocycles. The first-order chi connectivity index (χ1) is 12.2. The van der Waals surface area contributed by atoms with Crippen molar-refractivity contribution in [1.29, 1.82) is 0 Å². The van der Waals surface area contributed by atoms with Crippen molar-refractivity contribution in [2.24, 2.45) is 0 Å². The summed E-state index contributed by atoms with van der Waals surface area (Å²) in [6, 6.07) is 17.0. The normalized spacial score (nSPS) is 10.7. The number of fused-ring (bicyclic) bond motifs is 1. The van der Waals surface area contributed by atoms with Crippen LogP contribution in [0.25, 0.3) is 10.9 Å². The monoisotopic (exact) mass is 337 g/mol. The minimum Gasteiger partial charge on any atom is -0.364 e. The highest BCUT2D eigenvalue weighted by Crippen LogP contribution is 2.06. The van der Waals surface area contributed by atoms with Gasteiger partial charge >= 0.3 is 0 Å². The molecule has 0 aliphatic heterocycles. The van der Waals surface area contributed by atoms with E-state index in [1.54, 1.807) is 18.2 Å². The third-order valence-corrected chi connectivity index (χ3v) is 3.71. The van der Waals surface area contributed by atoms with E-state index in [9.17, 15) is 9.59 Å². The van der Waals surface area contributed by atoms with Crippen LogP contribution in [-0.2, 0) is 22.6 Å². The molecule has 128 valence electrons. The van der Waals surface area contributed by atoms with Gasteiger partial charge in [-0.05, 0) is 24.1 Å². The molecule has 3 rings (SSSR count). The van der Waals surface area contributed by atoms with Crippen LogP contribution in [0.4, 0.5) is 0 Å². The van der Waals surface area contributed by atoms with Gasteiger partial charge in [0.05, 0.1) is 10.9 Å². The number of hydrogen-bond donors (Lipinski definition) is 2. The molecule has 1 aromatic heterocycles. The number of amides is 1. The molecule has 0 atom stereocenters. The van der Waals surface area contributed by atoms with Crippen molar-refractivity contribution >= 4 is 16.8 Å². The molecule has 6 heteroatoms. The molecule has 1 amide bonds. The number of H-pyrrole nitrogens is 1. The molecule has 0 radical (unpaired) electrons. The first kappa shape index (κ1) is 16.9. The van der Waals surface area contributed by atoms with Crippen LogP contribution in [-0.4, -0.2) is 29.0 Å². The fraction of sp³-hybridized carbons (Fsp3) is 0.211. The molecule has 0 saturated carbocycles. The highest BCUT2D eigenvalue weighted by molar-refractivity contribution is 5.77. The quantitative estimate of drug-likeness (QED) is 0.688. The van der Waals surface area contributed by atoms with E-state index in [1.165, 1.54) is 5.56 Å². The SMILES string of the molecule is O=C(COCc1nc2ccccc2c(=O)[nH]1)NCCc1ccccc1. The molecule has 2 aromatic carbocycles. The summed E-state index contributed by atoms with van der Waals surface area (Å²) in [4.78, 5) is 30.7. The summed E-state index contributed by atoms with van der Waals surface area (Å²) < 4.78 is 5.34. The fourth-order valence-electron chi connectivity index (χ4n) is 2.49. The van der Waals surface area contributed by atoms with Crippen molar-refractivity contribution in [2.75, 3.05) is 13.2 Å². The van der Waals surface area contributed by atoms with E-state index in [0.717, 1.165) is 6.42 Å². The molecule has 0 fully saturated rings. The van der Waals surface area contributed by atoms with Crippen molar-refractivity contribution in [2.45, 2.75) is 13.0 Å². The zero-order chi connectivity index (χ0) is 17.5. The Kier molecular flexibility index (Phi) is 5.53. The third-order valence-electron chi connectivity index (χ3n) is 3.71. The average molecular weight is 337 g/mol. The topological polar surface area (TPSA) is 84.1 Å². The molecule has 0 unspecified atom stereocenters. The van der Waals surface area contributed by atoms with Crippen LogP contribution in [0, 0.1) is 0 Å². The standard InChI is InChI=1S/C19H19N3O3/c23-18(20-11-10-14-6-2-1-3-7-14)13-25-12-17-21-16-9-5-4-8-15(16)19(24)22-17/h1-9H,10-13H2,(H,20,23)(H,21,22,24). The van der Waals surface area contributed by atoms with Gasteiger partial charge in [-0.25, -0.2) is 4.98 Å². The van der Waals surface area contributed by atoms with Gasteiger partial charge in [0.25, 0.3) is 5.56 Å². The van der Waals surface area contributed by atoms with Crippen LogP contribution in [0.3, 0.4) is 0 Å². The summed E-state index contributed by atoms with van der Waals surface area (Å²) in [5.41, 5.74) is 1.57. The Labute approximate surface area is 144 Å². The lowest BCUT2D eigenvalue weighted by molar-refractivity contribution is -0.126. The number of carbonyl (C=O) groups excluding carboxylic acids is 1. The van der Waals surface area contributed by atoms with Gasteiger partial charge in [-0.1, -0.05) is 42.5 Å². The summed E-state index contributed by atoms with van der Waals surface area (Å²) in [7, 11) is 0. The number of nitrogens with zero attached hydrogens (tertiary/aromatic N) is 1. The zero-order valence-corrected chi connectivity index (χ0v) is 13.7. The summed E-state index contributed by atoms with van der Waals surface area (Å²) in [6.07, 6.45) is 0.770. The highest BCUT2D eigenvalue weighted by atomic mass is 16.5. The van der Waals surface area contributed by atoms with Gasteiger partial charge in [-0.2, -0.15) is 0 Å². The molecule has 0 spiro atoms. The molecule has 0 bridgehead atoms. The predicted octanol–water partition coefficient (Wildman–Crippen LogP) is 1.80. The van der Waals surface area contributed by atoms with Crippen LogP contribution >= 0.6 is 0 Å². The Morgan fingerprint density at radius 3 is 2.68 bits per heavy atom. The van der Waals surface area contributed by atoms with Crippen LogP contribution in [0.2, 0.25) is 0 Å². The van der Waals surface area contributed by atoms with Crippen molar-refractivity contribution < 1.29 is 9.53 Å². The third kappa shape index (κ3) is 4.74. The minimum atomic E-state index is -0.212. The van der Waals surface area contributed by atoms with Crippen molar-refractivity contribution in [1.82, 2.24) is 15.3 Å². The van der Waals surface area contributed by atoms with Gasteiger partial charge in [0.15, 0.2) is 0 Å².